The van der Waals surface area contributed by atoms with Crippen molar-refractivity contribution < 1.29 is 19.1 Å². The molecule has 3 rings (SSSR count). The number of carboxylic acid groups (broad SMARTS) is 1. The van der Waals surface area contributed by atoms with Crippen LogP contribution in [0.15, 0.2) is 28.7 Å². The highest BCUT2D eigenvalue weighted by molar-refractivity contribution is 8.00. The molecule has 2 aromatic rings. The molecule has 0 spiro atoms. The van der Waals surface area contributed by atoms with Crippen LogP contribution in [-0.2, 0) is 16.1 Å². The van der Waals surface area contributed by atoms with Crippen molar-refractivity contribution in [2.75, 3.05) is 5.75 Å². The van der Waals surface area contributed by atoms with Crippen molar-refractivity contribution in [1.29, 1.82) is 0 Å². The second kappa shape index (κ2) is 10.5. The average Bonchev–Trinajstić information content (AvgIpc) is 3.07. The lowest BCUT2D eigenvalue weighted by molar-refractivity contribution is -0.137. The van der Waals surface area contributed by atoms with Crippen LogP contribution in [0.3, 0.4) is 0 Å². The Labute approximate surface area is 183 Å². The first-order chi connectivity index (χ1) is 14.3. The molecule has 0 radical (unpaired) electrons. The first kappa shape index (κ1) is 22.9. The summed E-state index contributed by atoms with van der Waals surface area (Å²) >= 11 is 1.58. The quantitative estimate of drug-likeness (QED) is 0.535. The zero-order valence-corrected chi connectivity index (χ0v) is 19.2. The average molecular weight is 432 g/mol. The van der Waals surface area contributed by atoms with E-state index in [1.165, 1.54) is 5.56 Å². The molecule has 0 aliphatic heterocycles. The standard InChI is InChI=1S/C24H33NO4S/c1-15(2)22(24(26)27)30-14-18-6-5-7-20(12-18)28-13-21-17(4)29-23(25-21)19-10-8-16(3)9-11-19/h8-11,15,18,20,22H,5-7,12-14H2,1-4H3,(H,26,27). The Morgan fingerprint density at radius 2 is 2.00 bits per heavy atom. The third-order valence-electron chi connectivity index (χ3n) is 5.74. The van der Waals surface area contributed by atoms with E-state index in [4.69, 9.17) is 9.15 Å². The van der Waals surface area contributed by atoms with Gasteiger partial charge in [0.15, 0.2) is 0 Å². The molecule has 0 saturated heterocycles. The number of aliphatic carboxylic acids is 1. The van der Waals surface area contributed by atoms with Gasteiger partial charge in [0.25, 0.3) is 0 Å². The van der Waals surface area contributed by atoms with Crippen molar-refractivity contribution in [2.45, 2.75) is 71.3 Å². The molecule has 1 aliphatic rings. The monoisotopic (exact) mass is 431 g/mol. The third-order valence-corrected chi connectivity index (χ3v) is 7.51. The highest BCUT2D eigenvalue weighted by Crippen LogP contribution is 2.32. The zero-order chi connectivity index (χ0) is 21.7. The van der Waals surface area contributed by atoms with Crippen LogP contribution in [0.1, 0.15) is 56.5 Å². The SMILES string of the molecule is Cc1ccc(-c2nc(COC3CCCC(CSC(C(=O)O)C(C)C)C3)c(C)o2)cc1. The molecule has 3 atom stereocenters. The number of oxazole rings is 1. The van der Waals surface area contributed by atoms with Gasteiger partial charge in [-0.2, -0.15) is 0 Å². The first-order valence-electron chi connectivity index (χ1n) is 10.8. The van der Waals surface area contributed by atoms with Gasteiger partial charge < -0.3 is 14.3 Å². The van der Waals surface area contributed by atoms with Crippen molar-refractivity contribution in [3.05, 3.63) is 41.3 Å². The molecule has 5 nitrogen and oxygen atoms in total. The fourth-order valence-corrected chi connectivity index (χ4v) is 5.22. The van der Waals surface area contributed by atoms with Crippen LogP contribution >= 0.6 is 11.8 Å². The van der Waals surface area contributed by atoms with Crippen LogP contribution < -0.4 is 0 Å². The Balaban J connectivity index is 1.52. The van der Waals surface area contributed by atoms with Crippen LogP contribution in [0.2, 0.25) is 0 Å². The minimum atomic E-state index is -0.704. The number of carboxylic acids is 1. The van der Waals surface area contributed by atoms with Gasteiger partial charge in [0.2, 0.25) is 5.89 Å². The van der Waals surface area contributed by atoms with Gasteiger partial charge in [-0.25, -0.2) is 4.98 Å². The first-order valence-corrected chi connectivity index (χ1v) is 11.9. The number of hydrogen-bond acceptors (Lipinski definition) is 5. The summed E-state index contributed by atoms with van der Waals surface area (Å²) in [6, 6.07) is 8.16. The van der Waals surface area contributed by atoms with Crippen molar-refractivity contribution in [2.24, 2.45) is 11.8 Å². The van der Waals surface area contributed by atoms with Gasteiger partial charge in [0.1, 0.15) is 16.7 Å². The second-order valence-corrected chi connectivity index (χ2v) is 9.86. The fraction of sp³-hybridized carbons (Fsp3) is 0.583. The number of nitrogens with zero attached hydrogens (tertiary/aromatic N) is 1. The Kier molecular flexibility index (Phi) is 8.00. The van der Waals surface area contributed by atoms with Gasteiger partial charge in [0, 0.05) is 5.56 Å². The van der Waals surface area contributed by atoms with Crippen LogP contribution in [0.25, 0.3) is 11.5 Å². The Bertz CT molecular complexity index is 830. The number of carbonyl (C=O) groups is 1. The maximum absolute atomic E-state index is 11.4. The van der Waals surface area contributed by atoms with Crippen molar-refractivity contribution in [3.8, 4) is 11.5 Å². The van der Waals surface area contributed by atoms with Gasteiger partial charge >= 0.3 is 5.97 Å². The summed E-state index contributed by atoms with van der Waals surface area (Å²) in [5.74, 6) is 2.27. The van der Waals surface area contributed by atoms with Crippen LogP contribution in [0.5, 0.6) is 0 Å². The molecule has 0 amide bonds. The lowest BCUT2D eigenvalue weighted by Crippen LogP contribution is -2.27. The summed E-state index contributed by atoms with van der Waals surface area (Å²) in [5, 5.41) is 9.07. The predicted octanol–water partition coefficient (Wildman–Crippen LogP) is 5.88. The Morgan fingerprint density at radius 1 is 1.27 bits per heavy atom. The van der Waals surface area contributed by atoms with E-state index in [0.717, 1.165) is 48.5 Å². The van der Waals surface area contributed by atoms with E-state index in [2.05, 4.69) is 24.0 Å². The van der Waals surface area contributed by atoms with Gasteiger partial charge in [-0.05, 0) is 62.8 Å². The maximum Gasteiger partial charge on any atom is 0.316 e. The number of benzene rings is 1. The Hall–Kier alpha value is -1.79. The zero-order valence-electron chi connectivity index (χ0n) is 18.4. The molecule has 1 N–H and O–H groups in total. The summed E-state index contributed by atoms with van der Waals surface area (Å²) in [6.07, 6.45) is 4.51. The summed E-state index contributed by atoms with van der Waals surface area (Å²) < 4.78 is 12.1. The summed E-state index contributed by atoms with van der Waals surface area (Å²) in [6.45, 7) is 8.40. The molecule has 6 heteroatoms. The topological polar surface area (TPSA) is 72.6 Å². The van der Waals surface area contributed by atoms with Gasteiger partial charge in [0.05, 0.1) is 12.7 Å². The van der Waals surface area contributed by atoms with Gasteiger partial charge in [-0.3, -0.25) is 4.79 Å². The summed E-state index contributed by atoms with van der Waals surface area (Å²) in [5.41, 5.74) is 3.04. The second-order valence-electron chi connectivity index (χ2n) is 8.69. The van der Waals surface area contributed by atoms with Crippen LogP contribution in [0.4, 0.5) is 0 Å². The molecule has 1 aromatic heterocycles. The number of rotatable bonds is 9. The molecule has 0 bridgehead atoms. The Morgan fingerprint density at radius 3 is 2.67 bits per heavy atom. The van der Waals surface area contributed by atoms with Crippen molar-refractivity contribution in [1.82, 2.24) is 4.98 Å². The number of thioether (sulfide) groups is 1. The lowest BCUT2D eigenvalue weighted by Gasteiger charge is -2.30. The van der Waals surface area contributed by atoms with Gasteiger partial charge in [-0.15, -0.1) is 11.8 Å². The minimum Gasteiger partial charge on any atom is -0.480 e. The summed E-state index contributed by atoms with van der Waals surface area (Å²) in [7, 11) is 0. The molecular formula is C24H33NO4S. The highest BCUT2D eigenvalue weighted by Gasteiger charge is 2.27. The minimum absolute atomic E-state index is 0.140. The van der Waals surface area contributed by atoms with E-state index >= 15 is 0 Å². The van der Waals surface area contributed by atoms with E-state index in [0.29, 0.717) is 18.4 Å². The van der Waals surface area contributed by atoms with E-state index < -0.39 is 5.97 Å². The number of hydrogen-bond donors (Lipinski definition) is 1. The molecule has 3 unspecified atom stereocenters. The normalized spacial score (nSPS) is 20.4. The number of ether oxygens (including phenoxy) is 1. The molecule has 1 heterocycles. The van der Waals surface area contributed by atoms with Crippen molar-refractivity contribution in [3.63, 3.8) is 0 Å². The molecule has 1 aromatic carbocycles. The summed E-state index contributed by atoms with van der Waals surface area (Å²) in [4.78, 5) is 16.1. The smallest absolute Gasteiger partial charge is 0.316 e. The predicted molar refractivity (Wildman–Crippen MR) is 121 cm³/mol. The van der Waals surface area contributed by atoms with Crippen LogP contribution in [0, 0.1) is 25.7 Å². The van der Waals surface area contributed by atoms with E-state index in [1.807, 2.05) is 32.9 Å². The van der Waals surface area contributed by atoms with E-state index in [9.17, 15) is 9.90 Å². The number of aromatic nitrogens is 1. The molecule has 1 aliphatic carbocycles. The largest absolute Gasteiger partial charge is 0.480 e. The maximum atomic E-state index is 11.4. The number of aryl methyl sites for hydroxylation is 2. The molecule has 1 fully saturated rings. The molecular weight excluding hydrogens is 398 g/mol. The van der Waals surface area contributed by atoms with E-state index in [-0.39, 0.29) is 17.3 Å². The lowest BCUT2D eigenvalue weighted by atomic mass is 9.88. The van der Waals surface area contributed by atoms with Crippen LogP contribution in [-0.4, -0.2) is 33.2 Å². The van der Waals surface area contributed by atoms with Gasteiger partial charge in [-0.1, -0.05) is 38.0 Å². The third kappa shape index (κ3) is 6.11. The highest BCUT2D eigenvalue weighted by atomic mass is 32.2. The molecule has 1 saturated carbocycles. The molecule has 30 heavy (non-hydrogen) atoms. The van der Waals surface area contributed by atoms with E-state index in [1.54, 1.807) is 11.8 Å². The molecule has 164 valence electrons. The fourth-order valence-electron chi connectivity index (χ4n) is 3.91. The van der Waals surface area contributed by atoms with Crippen molar-refractivity contribution >= 4 is 17.7 Å².